The second kappa shape index (κ2) is 8.64. The maximum absolute atomic E-state index is 9.22. The largest absolute Gasteiger partial charge is 3.00 e. The standard InChI is InChI=1S/Al.BO3.H3O5P/c;2-1(3)4;1-5-6(2,3)4/h;;1H,(H2,2,3,4)/q+3;-3;. The Bertz CT molecular complexity index is 104. The van der Waals surface area contributed by atoms with Crippen LogP contribution in [0, 0.1) is 0 Å². The Balaban J connectivity index is -0.000000114. The van der Waals surface area contributed by atoms with E-state index in [0.29, 0.717) is 0 Å². The van der Waals surface area contributed by atoms with E-state index >= 15 is 0 Å². The van der Waals surface area contributed by atoms with E-state index in [1.807, 2.05) is 0 Å². The van der Waals surface area contributed by atoms with Crippen molar-refractivity contribution in [2.45, 2.75) is 0 Å². The smallest absolute Gasteiger partial charge is 0.907 e. The van der Waals surface area contributed by atoms with Gasteiger partial charge in [0, 0.05) is 0 Å². The number of hydrogen-bond donors (Lipinski definition) is 3. The van der Waals surface area contributed by atoms with Gasteiger partial charge in [-0.15, -0.1) is 4.67 Å². The van der Waals surface area contributed by atoms with Crippen molar-refractivity contribution < 1.29 is 39.4 Å². The first-order valence-electron chi connectivity index (χ1n) is 1.65. The van der Waals surface area contributed by atoms with E-state index in [1.54, 1.807) is 0 Å². The van der Waals surface area contributed by atoms with Crippen LogP contribution in [0.4, 0.5) is 0 Å². The minimum Gasteiger partial charge on any atom is -0.907 e. The zero-order chi connectivity index (χ0) is 8.78. The molecular weight excluding hydrogens is 197 g/mol. The molecule has 0 saturated carbocycles. The quantitative estimate of drug-likeness (QED) is 0.165. The van der Waals surface area contributed by atoms with E-state index in [1.165, 1.54) is 0 Å². The summed E-state index contributed by atoms with van der Waals surface area (Å²) >= 11 is 0. The van der Waals surface area contributed by atoms with Crippen molar-refractivity contribution in [1.82, 2.24) is 0 Å². The second-order valence-electron chi connectivity index (χ2n) is 0.861. The Morgan fingerprint density at radius 3 is 1.36 bits per heavy atom. The summed E-state index contributed by atoms with van der Waals surface area (Å²) in [6.07, 6.45) is 0. The van der Waals surface area contributed by atoms with Gasteiger partial charge in [0.05, 0.1) is 0 Å². The van der Waals surface area contributed by atoms with Crippen LogP contribution in [0.2, 0.25) is 0 Å². The van der Waals surface area contributed by atoms with Gasteiger partial charge in [0.25, 0.3) is 0 Å². The molecule has 0 aliphatic heterocycles. The summed E-state index contributed by atoms with van der Waals surface area (Å²) in [5.74, 6) is 0. The average Bonchev–Trinajstić information content (AvgIpc) is 1.63. The number of hydrogen-bond acceptors (Lipinski definition) is 6. The molecule has 11 heavy (non-hydrogen) atoms. The summed E-state index contributed by atoms with van der Waals surface area (Å²) in [5, 5.41) is 32.4. The molecule has 0 atom stereocenters. The Morgan fingerprint density at radius 2 is 1.36 bits per heavy atom. The number of rotatable bonds is 1. The van der Waals surface area contributed by atoms with Crippen LogP contribution in [0.3, 0.4) is 0 Å². The van der Waals surface area contributed by atoms with E-state index in [4.69, 9.17) is 30.1 Å². The first-order valence-corrected chi connectivity index (χ1v) is 3.19. The molecule has 11 heteroatoms. The number of phosphoric acid groups is 1. The molecule has 0 fully saturated rings. The van der Waals surface area contributed by atoms with Gasteiger partial charge in [0.1, 0.15) is 0 Å². The van der Waals surface area contributed by atoms with Crippen molar-refractivity contribution >= 4 is 32.5 Å². The van der Waals surface area contributed by atoms with Crippen molar-refractivity contribution in [3.05, 3.63) is 0 Å². The molecule has 0 radical (unpaired) electrons. The van der Waals surface area contributed by atoms with Crippen molar-refractivity contribution in [2.75, 3.05) is 0 Å². The van der Waals surface area contributed by atoms with Gasteiger partial charge in [-0.25, -0.2) is 9.82 Å². The van der Waals surface area contributed by atoms with Crippen LogP contribution in [0.1, 0.15) is 0 Å². The minimum atomic E-state index is -4.59. The molecule has 0 rings (SSSR count). The predicted octanol–water partition coefficient (Wildman–Crippen LogP) is -4.76. The van der Waals surface area contributed by atoms with E-state index in [0.717, 1.165) is 0 Å². The SMILES string of the molecule is O=P(O)(O)OO.[Al+3].[O-]B([O-])[O-]. The van der Waals surface area contributed by atoms with E-state index in [9.17, 15) is 4.57 Å². The van der Waals surface area contributed by atoms with Crippen LogP contribution < -0.4 is 15.1 Å². The van der Waals surface area contributed by atoms with Gasteiger partial charge >= 0.3 is 25.2 Å². The third-order valence-electron chi connectivity index (χ3n) is 0.106. The van der Waals surface area contributed by atoms with Gasteiger partial charge in [-0.05, 0) is 0 Å². The maximum atomic E-state index is 9.22. The summed E-state index contributed by atoms with van der Waals surface area (Å²) in [4.78, 5) is 14.9. The van der Waals surface area contributed by atoms with Gasteiger partial charge in [-0.1, -0.05) is 0 Å². The normalized spacial score (nSPS) is 8.91. The molecule has 0 heterocycles. The molecule has 0 saturated heterocycles. The summed E-state index contributed by atoms with van der Waals surface area (Å²) in [6, 6.07) is 0. The van der Waals surface area contributed by atoms with E-state index < -0.39 is 15.1 Å². The predicted molar refractivity (Wildman–Crippen MR) is 27.3 cm³/mol. The molecule has 0 aromatic carbocycles. The van der Waals surface area contributed by atoms with Crippen LogP contribution in [0.25, 0.3) is 0 Å². The molecule has 0 aromatic rings. The second-order valence-corrected chi connectivity index (χ2v) is 2.01. The molecular formula is H3AlBO8P. The molecule has 0 spiro atoms. The fourth-order valence-electron chi connectivity index (χ4n) is 0. The van der Waals surface area contributed by atoms with Crippen LogP contribution in [0.5, 0.6) is 0 Å². The van der Waals surface area contributed by atoms with Crippen LogP contribution >= 0.6 is 7.82 Å². The molecule has 0 unspecified atom stereocenters. The molecule has 8 nitrogen and oxygen atoms in total. The summed E-state index contributed by atoms with van der Waals surface area (Å²) in [7, 11) is -7.51. The monoisotopic (exact) mass is 200 g/mol. The third kappa shape index (κ3) is 61.2. The minimum absolute atomic E-state index is 0. The van der Waals surface area contributed by atoms with Crippen LogP contribution in [-0.4, -0.2) is 39.7 Å². The maximum Gasteiger partial charge on any atom is 3.00 e. The first-order chi connectivity index (χ1) is 4.29. The Morgan fingerprint density at radius 1 is 1.27 bits per heavy atom. The zero-order valence-corrected chi connectivity index (χ0v) is 7.03. The topological polar surface area (TPSA) is 156 Å². The van der Waals surface area contributed by atoms with E-state index in [2.05, 4.69) is 4.67 Å². The molecule has 62 valence electrons. The van der Waals surface area contributed by atoms with Gasteiger partial charge in [0.15, 0.2) is 0 Å². The molecule has 0 amide bonds. The first kappa shape index (κ1) is 17.6. The van der Waals surface area contributed by atoms with E-state index in [-0.39, 0.29) is 17.4 Å². The average molecular weight is 200 g/mol. The van der Waals surface area contributed by atoms with Gasteiger partial charge < -0.3 is 24.9 Å². The van der Waals surface area contributed by atoms with Gasteiger partial charge in [-0.3, -0.25) is 7.32 Å². The van der Waals surface area contributed by atoms with Crippen molar-refractivity contribution in [2.24, 2.45) is 0 Å². The molecule has 0 bridgehead atoms. The third-order valence-corrected chi connectivity index (χ3v) is 0.319. The van der Waals surface area contributed by atoms with Gasteiger partial charge in [0.2, 0.25) is 0 Å². The summed E-state index contributed by atoms with van der Waals surface area (Å²) < 4.78 is 11.8. The Hall–Kier alpha value is 0.547. The van der Waals surface area contributed by atoms with Crippen LogP contribution in [-0.2, 0) is 9.24 Å². The Labute approximate surface area is 72.5 Å². The summed E-state index contributed by atoms with van der Waals surface area (Å²) in [5.41, 5.74) is 0. The van der Waals surface area contributed by atoms with Crippen molar-refractivity contribution in [1.29, 1.82) is 0 Å². The van der Waals surface area contributed by atoms with Crippen molar-refractivity contribution in [3.63, 3.8) is 0 Å². The molecule has 3 N–H and O–H groups in total. The van der Waals surface area contributed by atoms with Crippen molar-refractivity contribution in [3.8, 4) is 0 Å². The fourth-order valence-corrected chi connectivity index (χ4v) is 0. The fraction of sp³-hybridized carbons (Fsp3) is 0. The van der Waals surface area contributed by atoms with Gasteiger partial charge in [-0.2, -0.15) is 0 Å². The van der Waals surface area contributed by atoms with Crippen LogP contribution in [0.15, 0.2) is 0 Å². The molecule has 0 aliphatic rings. The zero-order valence-electron chi connectivity index (χ0n) is 4.98. The molecule has 0 aliphatic carbocycles. The Kier molecular flexibility index (Phi) is 13.8. The summed E-state index contributed by atoms with van der Waals surface area (Å²) in [6.45, 7) is 0. The molecule has 0 aromatic heterocycles.